The number of ether oxygens (including phenoxy) is 3. The number of carbonyl (C=O) groups is 2. The van der Waals surface area contributed by atoms with Gasteiger partial charge in [0.15, 0.2) is 18.1 Å². The zero-order valence-electron chi connectivity index (χ0n) is 19.3. The van der Waals surface area contributed by atoms with Crippen molar-refractivity contribution < 1.29 is 23.8 Å². The van der Waals surface area contributed by atoms with E-state index >= 15 is 0 Å². The highest BCUT2D eigenvalue weighted by Crippen LogP contribution is 2.36. The van der Waals surface area contributed by atoms with E-state index in [-0.39, 0.29) is 12.4 Å². The summed E-state index contributed by atoms with van der Waals surface area (Å²) in [6.45, 7) is 5.70. The largest absolute Gasteiger partial charge is 0.493 e. The van der Waals surface area contributed by atoms with Crippen LogP contribution in [0.4, 0.5) is 0 Å². The predicted octanol–water partition coefficient (Wildman–Crippen LogP) is 5.13. The van der Waals surface area contributed by atoms with Gasteiger partial charge < -0.3 is 14.2 Å². The second-order valence-corrected chi connectivity index (χ2v) is 8.55. The highest BCUT2D eigenvalue weighted by atomic mass is 79.9. The molecule has 8 heteroatoms. The molecule has 0 heterocycles. The molecule has 0 fully saturated rings. The number of esters is 1. The van der Waals surface area contributed by atoms with Gasteiger partial charge in [-0.15, -0.1) is 0 Å². The average molecular weight is 525 g/mol. The maximum absolute atomic E-state index is 12.5. The van der Waals surface area contributed by atoms with Crippen LogP contribution >= 0.6 is 15.9 Å². The van der Waals surface area contributed by atoms with E-state index in [0.717, 1.165) is 16.7 Å². The minimum absolute atomic E-state index is 0.166. The molecular weight excluding hydrogens is 500 g/mol. The van der Waals surface area contributed by atoms with Crippen LogP contribution in [0.2, 0.25) is 0 Å². The maximum atomic E-state index is 12.5. The number of rotatable bonds is 8. The Hall–Kier alpha value is -3.65. The number of hydrogen-bond acceptors (Lipinski definition) is 6. The number of methoxy groups -OCH3 is 1. The lowest BCUT2D eigenvalue weighted by Gasteiger charge is -2.12. The molecule has 3 aromatic carbocycles. The molecule has 0 unspecified atom stereocenters. The summed E-state index contributed by atoms with van der Waals surface area (Å²) in [5.74, 6) is 0.305. The number of carbonyl (C=O) groups excluding carboxylic acids is 2. The van der Waals surface area contributed by atoms with Gasteiger partial charge in [-0.3, -0.25) is 4.79 Å². The fourth-order valence-corrected chi connectivity index (χ4v) is 3.67. The lowest BCUT2D eigenvalue weighted by Crippen LogP contribution is -2.24. The molecule has 176 valence electrons. The van der Waals surface area contributed by atoms with E-state index in [1.807, 2.05) is 51.1 Å². The molecule has 7 nitrogen and oxygen atoms in total. The second kappa shape index (κ2) is 11.5. The van der Waals surface area contributed by atoms with E-state index in [2.05, 4.69) is 26.5 Å². The molecule has 3 rings (SSSR count). The van der Waals surface area contributed by atoms with E-state index in [0.29, 0.717) is 27.1 Å². The lowest BCUT2D eigenvalue weighted by atomic mass is 10.1. The quantitative estimate of drug-likeness (QED) is 0.191. The summed E-state index contributed by atoms with van der Waals surface area (Å²) in [6, 6.07) is 16.2. The minimum Gasteiger partial charge on any atom is -0.493 e. The summed E-state index contributed by atoms with van der Waals surface area (Å²) in [5.41, 5.74) is 6.63. The zero-order chi connectivity index (χ0) is 24.7. The fraction of sp³-hybridized carbons (Fsp3) is 0.192. The third-order valence-electron chi connectivity index (χ3n) is 4.70. The molecule has 0 bridgehead atoms. The first kappa shape index (κ1) is 25.0. The smallest absolute Gasteiger partial charge is 0.343 e. The second-order valence-electron chi connectivity index (χ2n) is 7.69. The van der Waals surface area contributed by atoms with E-state index in [1.165, 1.54) is 13.3 Å². The van der Waals surface area contributed by atoms with Gasteiger partial charge in [0.2, 0.25) is 0 Å². The van der Waals surface area contributed by atoms with Gasteiger partial charge in [0.1, 0.15) is 5.75 Å². The monoisotopic (exact) mass is 524 g/mol. The molecule has 1 amide bonds. The molecule has 0 aromatic heterocycles. The summed E-state index contributed by atoms with van der Waals surface area (Å²) in [4.78, 5) is 24.6. The van der Waals surface area contributed by atoms with Crippen molar-refractivity contribution >= 4 is 34.0 Å². The van der Waals surface area contributed by atoms with E-state index in [1.54, 1.807) is 24.3 Å². The highest BCUT2D eigenvalue weighted by molar-refractivity contribution is 9.10. The van der Waals surface area contributed by atoms with Crippen LogP contribution in [0.25, 0.3) is 0 Å². The molecular formula is C26H25BrN2O5. The SMILES string of the molecule is COc1cc(C=NNC(=O)COc2cc(C)cc(C)c2)cc(Br)c1OC(=O)c1ccc(C)cc1. The standard InChI is InChI=1S/C26H25BrN2O5/c1-16-5-7-20(8-6-16)26(31)34-25-22(27)12-19(13-23(25)32-4)14-28-29-24(30)15-33-21-10-17(2)9-18(3)11-21/h5-14H,15H2,1-4H3,(H,29,30). The first-order valence-electron chi connectivity index (χ1n) is 10.4. The van der Waals surface area contributed by atoms with Crippen LogP contribution in [-0.2, 0) is 4.79 Å². The number of amides is 1. The summed E-state index contributed by atoms with van der Waals surface area (Å²) in [5, 5.41) is 3.96. The van der Waals surface area contributed by atoms with E-state index < -0.39 is 11.9 Å². The Morgan fingerprint density at radius 1 is 0.971 bits per heavy atom. The highest BCUT2D eigenvalue weighted by Gasteiger charge is 2.16. The van der Waals surface area contributed by atoms with Gasteiger partial charge >= 0.3 is 5.97 Å². The predicted molar refractivity (Wildman–Crippen MR) is 134 cm³/mol. The van der Waals surface area contributed by atoms with E-state index in [9.17, 15) is 9.59 Å². The number of hydrazone groups is 1. The van der Waals surface area contributed by atoms with Gasteiger partial charge in [0.05, 0.1) is 23.4 Å². The Balaban J connectivity index is 1.62. The van der Waals surface area contributed by atoms with Crippen LogP contribution in [-0.4, -0.2) is 31.8 Å². The Bertz CT molecular complexity index is 1200. The topological polar surface area (TPSA) is 86.2 Å². The Labute approximate surface area is 206 Å². The molecule has 0 spiro atoms. The molecule has 0 aliphatic rings. The van der Waals surface area contributed by atoms with Crippen LogP contribution in [0.15, 0.2) is 64.2 Å². The number of nitrogens with zero attached hydrogens (tertiary/aromatic N) is 1. The fourth-order valence-electron chi connectivity index (χ4n) is 3.13. The van der Waals surface area contributed by atoms with Crippen LogP contribution < -0.4 is 19.6 Å². The van der Waals surface area contributed by atoms with Crippen molar-refractivity contribution in [2.75, 3.05) is 13.7 Å². The van der Waals surface area contributed by atoms with Crippen molar-refractivity contribution in [3.05, 3.63) is 86.9 Å². The van der Waals surface area contributed by atoms with Crippen molar-refractivity contribution in [2.45, 2.75) is 20.8 Å². The Morgan fingerprint density at radius 2 is 1.65 bits per heavy atom. The maximum Gasteiger partial charge on any atom is 0.343 e. The molecule has 34 heavy (non-hydrogen) atoms. The molecule has 0 saturated carbocycles. The molecule has 0 atom stereocenters. The molecule has 0 aliphatic carbocycles. The van der Waals surface area contributed by atoms with Gasteiger partial charge in [-0.05, 0) is 89.8 Å². The number of benzene rings is 3. The summed E-state index contributed by atoms with van der Waals surface area (Å²) in [6.07, 6.45) is 1.45. The third-order valence-corrected chi connectivity index (χ3v) is 5.29. The van der Waals surface area contributed by atoms with Crippen molar-refractivity contribution in [3.63, 3.8) is 0 Å². The number of aryl methyl sites for hydroxylation is 3. The van der Waals surface area contributed by atoms with Crippen molar-refractivity contribution in [1.29, 1.82) is 0 Å². The lowest BCUT2D eigenvalue weighted by molar-refractivity contribution is -0.123. The summed E-state index contributed by atoms with van der Waals surface area (Å²) in [7, 11) is 1.47. The Morgan fingerprint density at radius 3 is 2.29 bits per heavy atom. The van der Waals surface area contributed by atoms with Crippen molar-refractivity contribution in [2.24, 2.45) is 5.10 Å². The van der Waals surface area contributed by atoms with E-state index in [4.69, 9.17) is 14.2 Å². The van der Waals surface area contributed by atoms with Gasteiger partial charge in [0.25, 0.3) is 5.91 Å². The van der Waals surface area contributed by atoms with Crippen LogP contribution in [0, 0.1) is 20.8 Å². The van der Waals surface area contributed by atoms with Gasteiger partial charge in [-0.2, -0.15) is 5.10 Å². The third kappa shape index (κ3) is 6.92. The van der Waals surface area contributed by atoms with Crippen LogP contribution in [0.3, 0.4) is 0 Å². The normalized spacial score (nSPS) is 10.7. The first-order chi connectivity index (χ1) is 16.2. The summed E-state index contributed by atoms with van der Waals surface area (Å²) >= 11 is 3.41. The molecule has 0 saturated heterocycles. The van der Waals surface area contributed by atoms with Gasteiger partial charge in [-0.25, -0.2) is 10.2 Å². The number of nitrogens with one attached hydrogen (secondary N) is 1. The average Bonchev–Trinajstić information content (AvgIpc) is 2.79. The molecule has 0 radical (unpaired) electrons. The molecule has 0 aliphatic heterocycles. The van der Waals surface area contributed by atoms with Gasteiger partial charge in [-0.1, -0.05) is 23.8 Å². The van der Waals surface area contributed by atoms with Crippen molar-refractivity contribution in [1.82, 2.24) is 5.43 Å². The molecule has 1 N–H and O–H groups in total. The zero-order valence-corrected chi connectivity index (χ0v) is 20.9. The van der Waals surface area contributed by atoms with Gasteiger partial charge in [0, 0.05) is 0 Å². The Kier molecular flexibility index (Phi) is 8.43. The van der Waals surface area contributed by atoms with Crippen LogP contribution in [0.1, 0.15) is 32.6 Å². The minimum atomic E-state index is -0.503. The van der Waals surface area contributed by atoms with Crippen LogP contribution in [0.5, 0.6) is 17.2 Å². The van der Waals surface area contributed by atoms with Crippen molar-refractivity contribution in [3.8, 4) is 17.2 Å². The first-order valence-corrected chi connectivity index (χ1v) is 11.2. The number of halogens is 1. The number of hydrogen-bond donors (Lipinski definition) is 1. The molecule has 3 aromatic rings. The summed E-state index contributed by atoms with van der Waals surface area (Å²) < 4.78 is 16.9.